The van der Waals surface area contributed by atoms with Gasteiger partial charge in [-0.1, -0.05) is 23.2 Å². The second-order valence-corrected chi connectivity index (χ2v) is 7.47. The lowest BCUT2D eigenvalue weighted by Gasteiger charge is -2.18. The van der Waals surface area contributed by atoms with E-state index >= 15 is 0 Å². The molecule has 0 amide bonds. The van der Waals surface area contributed by atoms with Crippen molar-refractivity contribution in [2.75, 3.05) is 0 Å². The number of alkyl halides is 5. The SMILES string of the molecule is CC(Cl)(Cl)CC(Cl)(Cl)Br. The molecule has 9 heavy (non-hydrogen) atoms. The molecule has 56 valence electrons. The first-order valence-electron chi connectivity index (χ1n) is 2.15. The molecular formula is C4H5BrCl4. The molecule has 0 unspecified atom stereocenters. The molecule has 0 nitrogen and oxygen atoms in total. The largest absolute Gasteiger partial charge is 0.175 e. The van der Waals surface area contributed by atoms with E-state index in [0.717, 1.165) is 0 Å². The van der Waals surface area contributed by atoms with Gasteiger partial charge in [-0.25, -0.2) is 0 Å². The molecule has 0 saturated carbocycles. The van der Waals surface area contributed by atoms with E-state index < -0.39 is 7.58 Å². The topological polar surface area (TPSA) is 0 Å². The number of halogens is 5. The smallest absolute Gasteiger partial charge is 0.102 e. The molecule has 0 aliphatic rings. The van der Waals surface area contributed by atoms with Gasteiger partial charge < -0.3 is 0 Å². The average molecular weight is 275 g/mol. The standard InChI is InChI=1S/C4H5BrCl4/c1-3(6,7)2-4(5,8)9/h2H2,1H3. The summed E-state index contributed by atoms with van der Waals surface area (Å²) in [4.78, 5) is 0. The van der Waals surface area contributed by atoms with Crippen LogP contribution in [-0.4, -0.2) is 7.58 Å². The highest BCUT2D eigenvalue weighted by Gasteiger charge is 2.30. The first-order chi connectivity index (χ1) is 3.71. The van der Waals surface area contributed by atoms with Crippen LogP contribution in [0.4, 0.5) is 0 Å². The Morgan fingerprint density at radius 3 is 1.56 bits per heavy atom. The fourth-order valence-electron chi connectivity index (χ4n) is 0.352. The van der Waals surface area contributed by atoms with Crippen LogP contribution in [0.5, 0.6) is 0 Å². The molecule has 0 aromatic heterocycles. The number of hydrogen-bond donors (Lipinski definition) is 0. The second kappa shape index (κ2) is 3.36. The molecule has 0 aromatic rings. The van der Waals surface area contributed by atoms with E-state index in [1.165, 1.54) is 0 Å². The van der Waals surface area contributed by atoms with Gasteiger partial charge in [-0.05, 0) is 22.9 Å². The first-order valence-corrected chi connectivity index (χ1v) is 4.46. The van der Waals surface area contributed by atoms with Crippen LogP contribution in [0.15, 0.2) is 0 Å². The first kappa shape index (κ1) is 10.6. The minimum absolute atomic E-state index is 0.270. The van der Waals surface area contributed by atoms with Crippen molar-refractivity contribution in [3.8, 4) is 0 Å². The summed E-state index contributed by atoms with van der Waals surface area (Å²) in [7, 11) is 0. The summed E-state index contributed by atoms with van der Waals surface area (Å²) in [6, 6.07) is 0. The van der Waals surface area contributed by atoms with E-state index in [-0.39, 0.29) is 6.42 Å². The number of hydrogen-bond acceptors (Lipinski definition) is 0. The summed E-state index contributed by atoms with van der Waals surface area (Å²) in [5, 5.41) is 0. The lowest BCUT2D eigenvalue weighted by Crippen LogP contribution is -2.16. The van der Waals surface area contributed by atoms with Crippen molar-refractivity contribution in [3.05, 3.63) is 0 Å². The fraction of sp³-hybridized carbons (Fsp3) is 1.00. The molecule has 0 spiro atoms. The van der Waals surface area contributed by atoms with Crippen LogP contribution >= 0.6 is 62.3 Å². The Labute approximate surface area is 82.9 Å². The lowest BCUT2D eigenvalue weighted by atomic mass is 10.4. The summed E-state index contributed by atoms with van der Waals surface area (Å²) in [6.45, 7) is 1.62. The van der Waals surface area contributed by atoms with Gasteiger partial charge in [-0.3, -0.25) is 0 Å². The minimum Gasteiger partial charge on any atom is -0.102 e. The van der Waals surface area contributed by atoms with E-state index in [4.69, 9.17) is 46.4 Å². The Morgan fingerprint density at radius 2 is 1.56 bits per heavy atom. The maximum absolute atomic E-state index is 5.58. The van der Waals surface area contributed by atoms with Gasteiger partial charge in [0.1, 0.15) is 4.33 Å². The van der Waals surface area contributed by atoms with Crippen LogP contribution in [0.2, 0.25) is 0 Å². The minimum atomic E-state index is -1.02. The van der Waals surface area contributed by atoms with Gasteiger partial charge in [0.15, 0.2) is 3.24 Å². The van der Waals surface area contributed by atoms with Crippen LogP contribution in [0.25, 0.3) is 0 Å². The van der Waals surface area contributed by atoms with E-state index in [0.29, 0.717) is 0 Å². The molecule has 0 rings (SSSR count). The molecule has 0 aromatic carbocycles. The zero-order valence-electron chi connectivity index (χ0n) is 4.60. The summed E-state index contributed by atoms with van der Waals surface area (Å²) in [5.74, 6) is 0. The zero-order valence-corrected chi connectivity index (χ0v) is 9.21. The van der Waals surface area contributed by atoms with Crippen LogP contribution in [-0.2, 0) is 0 Å². The Bertz CT molecular complexity index is 77.7. The Hall–Kier alpha value is 1.64. The molecule has 0 bridgehead atoms. The second-order valence-electron chi connectivity index (χ2n) is 1.86. The van der Waals surface area contributed by atoms with E-state index in [2.05, 4.69) is 15.9 Å². The Balaban J connectivity index is 3.75. The summed E-state index contributed by atoms with van der Waals surface area (Å²) in [6.07, 6.45) is 0.270. The van der Waals surface area contributed by atoms with Crippen LogP contribution in [0.3, 0.4) is 0 Å². The zero-order chi connectivity index (χ0) is 7.71. The fourth-order valence-corrected chi connectivity index (χ4v) is 2.44. The summed E-state index contributed by atoms with van der Waals surface area (Å²) >= 11 is 25.2. The molecule has 0 fully saturated rings. The highest BCUT2D eigenvalue weighted by molar-refractivity contribution is 9.11. The van der Waals surface area contributed by atoms with E-state index in [1.54, 1.807) is 6.92 Å². The molecule has 0 saturated heterocycles. The summed E-state index contributed by atoms with van der Waals surface area (Å²) in [5.41, 5.74) is 0. The molecule has 0 aliphatic carbocycles. The molecule has 5 heteroatoms. The average Bonchev–Trinajstić information content (AvgIpc) is 1.14. The van der Waals surface area contributed by atoms with Crippen molar-refractivity contribution in [1.82, 2.24) is 0 Å². The molecule has 0 atom stereocenters. The van der Waals surface area contributed by atoms with Crippen molar-refractivity contribution in [3.63, 3.8) is 0 Å². The van der Waals surface area contributed by atoms with Crippen molar-refractivity contribution in [2.24, 2.45) is 0 Å². The van der Waals surface area contributed by atoms with Gasteiger partial charge >= 0.3 is 0 Å². The van der Waals surface area contributed by atoms with Crippen LogP contribution < -0.4 is 0 Å². The molecule has 0 heterocycles. The van der Waals surface area contributed by atoms with E-state index in [9.17, 15) is 0 Å². The molecule has 0 aliphatic heterocycles. The maximum atomic E-state index is 5.58. The van der Waals surface area contributed by atoms with Crippen LogP contribution in [0.1, 0.15) is 13.3 Å². The lowest BCUT2D eigenvalue weighted by molar-refractivity contribution is 0.782. The molecule has 0 radical (unpaired) electrons. The highest BCUT2D eigenvalue weighted by atomic mass is 79.9. The Kier molecular flexibility index (Phi) is 3.97. The quantitative estimate of drug-likeness (QED) is 0.665. The van der Waals surface area contributed by atoms with Crippen molar-refractivity contribution in [1.29, 1.82) is 0 Å². The Morgan fingerprint density at radius 1 is 1.22 bits per heavy atom. The van der Waals surface area contributed by atoms with Crippen molar-refractivity contribution in [2.45, 2.75) is 20.9 Å². The van der Waals surface area contributed by atoms with Gasteiger partial charge in [0, 0.05) is 6.42 Å². The third-order valence-electron chi connectivity index (χ3n) is 0.511. The normalized spacial score (nSPS) is 14.0. The van der Waals surface area contributed by atoms with Crippen LogP contribution in [0, 0.1) is 0 Å². The van der Waals surface area contributed by atoms with Crippen molar-refractivity contribution >= 4 is 62.3 Å². The molecular weight excluding hydrogens is 270 g/mol. The maximum Gasteiger partial charge on any atom is 0.175 e. The summed E-state index contributed by atoms with van der Waals surface area (Å²) < 4.78 is -1.90. The molecule has 0 N–H and O–H groups in total. The van der Waals surface area contributed by atoms with Gasteiger partial charge in [-0.2, -0.15) is 0 Å². The predicted molar refractivity (Wildman–Crippen MR) is 48.1 cm³/mol. The van der Waals surface area contributed by atoms with Gasteiger partial charge in [-0.15, -0.1) is 23.2 Å². The monoisotopic (exact) mass is 272 g/mol. The highest BCUT2D eigenvalue weighted by Crippen LogP contribution is 2.41. The van der Waals surface area contributed by atoms with E-state index in [1.807, 2.05) is 0 Å². The van der Waals surface area contributed by atoms with Gasteiger partial charge in [0.25, 0.3) is 0 Å². The van der Waals surface area contributed by atoms with Gasteiger partial charge in [0.2, 0.25) is 0 Å². The predicted octanol–water partition coefficient (Wildman–Crippen LogP) is 4.10. The van der Waals surface area contributed by atoms with Gasteiger partial charge in [0.05, 0.1) is 0 Å². The number of rotatable bonds is 2. The third-order valence-corrected chi connectivity index (χ3v) is 1.33. The van der Waals surface area contributed by atoms with Crippen molar-refractivity contribution < 1.29 is 0 Å². The third kappa shape index (κ3) is 9.64.